The van der Waals surface area contributed by atoms with Crippen molar-refractivity contribution in [3.05, 3.63) is 58.8 Å². The number of methoxy groups -OCH3 is 1. The molecule has 8 nitrogen and oxygen atoms in total. The molecule has 0 saturated heterocycles. The molecular weight excluding hydrogens is 434 g/mol. The number of Topliss-reactive ketones (excluding diaryl/α,β-unsaturated/α-hetero) is 1. The lowest BCUT2D eigenvalue weighted by atomic mass is 9.99. The van der Waals surface area contributed by atoms with Crippen LogP contribution in [0.15, 0.2) is 40.8 Å². The van der Waals surface area contributed by atoms with E-state index in [0.29, 0.717) is 47.5 Å². The Morgan fingerprint density at radius 3 is 2.66 bits per heavy atom. The van der Waals surface area contributed by atoms with Crippen molar-refractivity contribution < 1.29 is 31.9 Å². The SMILES string of the molecule is COc1ccc2oc(C(=O)OCC(=O)c3ccc4c(c3)CCCN4S(C)(=O)=O)c(C)c2c1. The molecule has 0 atom stereocenters. The third-order valence-electron chi connectivity index (χ3n) is 5.54. The van der Waals surface area contributed by atoms with Gasteiger partial charge < -0.3 is 13.9 Å². The first-order valence-electron chi connectivity index (χ1n) is 10.1. The fourth-order valence-corrected chi connectivity index (χ4v) is 4.88. The number of carbonyl (C=O) groups is 2. The van der Waals surface area contributed by atoms with Gasteiger partial charge in [0.1, 0.15) is 11.3 Å². The van der Waals surface area contributed by atoms with Gasteiger partial charge in [0.25, 0.3) is 0 Å². The number of benzene rings is 2. The molecule has 2 aromatic carbocycles. The van der Waals surface area contributed by atoms with Gasteiger partial charge in [-0.15, -0.1) is 0 Å². The maximum absolute atomic E-state index is 12.6. The van der Waals surface area contributed by atoms with E-state index >= 15 is 0 Å². The lowest BCUT2D eigenvalue weighted by molar-refractivity contribution is 0.0445. The number of esters is 1. The molecular formula is C23H23NO7S. The standard InChI is InChI=1S/C23H23NO7S/c1-14-18-12-17(29-2)7-9-21(18)31-22(14)23(26)30-13-20(25)16-6-8-19-15(11-16)5-4-10-24(19)32(3,27)28/h6-9,11-12H,4-5,10,13H2,1-3H3. The highest BCUT2D eigenvalue weighted by atomic mass is 32.2. The van der Waals surface area contributed by atoms with E-state index in [1.54, 1.807) is 50.4 Å². The lowest BCUT2D eigenvalue weighted by Gasteiger charge is -2.29. The molecule has 0 spiro atoms. The van der Waals surface area contributed by atoms with Gasteiger partial charge in [0.15, 0.2) is 12.4 Å². The van der Waals surface area contributed by atoms with Gasteiger partial charge in [-0.05, 0) is 61.7 Å². The Bertz CT molecular complexity index is 1320. The first-order chi connectivity index (χ1) is 15.2. The minimum atomic E-state index is -3.38. The molecule has 0 amide bonds. The van der Waals surface area contributed by atoms with E-state index in [1.807, 2.05) is 0 Å². The summed E-state index contributed by atoms with van der Waals surface area (Å²) in [6.07, 6.45) is 2.50. The summed E-state index contributed by atoms with van der Waals surface area (Å²) < 4.78 is 41.4. The normalized spacial score (nSPS) is 13.7. The summed E-state index contributed by atoms with van der Waals surface area (Å²) in [4.78, 5) is 25.2. The number of nitrogens with zero attached hydrogens (tertiary/aromatic N) is 1. The van der Waals surface area contributed by atoms with Crippen molar-refractivity contribution in [1.29, 1.82) is 0 Å². The van der Waals surface area contributed by atoms with E-state index in [9.17, 15) is 18.0 Å². The molecule has 0 aliphatic carbocycles. The minimum absolute atomic E-state index is 0.0373. The van der Waals surface area contributed by atoms with Crippen molar-refractivity contribution in [2.45, 2.75) is 19.8 Å². The summed E-state index contributed by atoms with van der Waals surface area (Å²) in [5.41, 5.74) is 2.84. The molecule has 0 fully saturated rings. The zero-order chi connectivity index (χ0) is 23.0. The van der Waals surface area contributed by atoms with Crippen LogP contribution in [0.3, 0.4) is 0 Å². The maximum Gasteiger partial charge on any atom is 0.375 e. The van der Waals surface area contributed by atoms with Gasteiger partial charge in [-0.25, -0.2) is 13.2 Å². The number of ether oxygens (including phenoxy) is 2. The van der Waals surface area contributed by atoms with Gasteiger partial charge in [-0.3, -0.25) is 9.10 Å². The van der Waals surface area contributed by atoms with Gasteiger partial charge in [0, 0.05) is 23.1 Å². The highest BCUT2D eigenvalue weighted by molar-refractivity contribution is 7.92. The fraction of sp³-hybridized carbons (Fsp3) is 0.304. The van der Waals surface area contributed by atoms with Crippen molar-refractivity contribution in [2.75, 3.05) is 30.8 Å². The number of rotatable bonds is 6. The van der Waals surface area contributed by atoms with Crippen LogP contribution < -0.4 is 9.04 Å². The number of hydrogen-bond acceptors (Lipinski definition) is 7. The van der Waals surface area contributed by atoms with Crippen molar-refractivity contribution in [2.24, 2.45) is 0 Å². The predicted octanol–water partition coefficient (Wildman–Crippen LogP) is 3.50. The van der Waals surface area contributed by atoms with Crippen LogP contribution in [-0.4, -0.2) is 46.7 Å². The quantitative estimate of drug-likeness (QED) is 0.412. The molecule has 32 heavy (non-hydrogen) atoms. The van der Waals surface area contributed by atoms with Gasteiger partial charge >= 0.3 is 5.97 Å². The third-order valence-corrected chi connectivity index (χ3v) is 6.72. The van der Waals surface area contributed by atoms with Crippen molar-refractivity contribution in [1.82, 2.24) is 0 Å². The van der Waals surface area contributed by atoms with E-state index < -0.39 is 22.6 Å². The van der Waals surface area contributed by atoms with Crippen LogP contribution in [0.5, 0.6) is 5.75 Å². The minimum Gasteiger partial charge on any atom is -0.497 e. The first kappa shape index (κ1) is 21.9. The second-order valence-electron chi connectivity index (χ2n) is 7.70. The van der Waals surface area contributed by atoms with E-state index in [4.69, 9.17) is 13.9 Å². The Balaban J connectivity index is 1.49. The molecule has 0 bridgehead atoms. The zero-order valence-electron chi connectivity index (χ0n) is 18.0. The van der Waals surface area contributed by atoms with E-state index in [0.717, 1.165) is 17.2 Å². The molecule has 0 unspecified atom stereocenters. The van der Waals surface area contributed by atoms with Crippen LogP contribution in [0.25, 0.3) is 11.0 Å². The summed E-state index contributed by atoms with van der Waals surface area (Å²) in [6, 6.07) is 10.0. The molecule has 9 heteroatoms. The summed E-state index contributed by atoms with van der Waals surface area (Å²) in [7, 11) is -1.83. The van der Waals surface area contributed by atoms with E-state index in [2.05, 4.69) is 0 Å². The second-order valence-corrected chi connectivity index (χ2v) is 9.61. The lowest BCUT2D eigenvalue weighted by Crippen LogP contribution is -2.34. The third kappa shape index (κ3) is 4.08. The number of sulfonamides is 1. The van der Waals surface area contributed by atoms with Crippen molar-refractivity contribution in [3.8, 4) is 5.75 Å². The Morgan fingerprint density at radius 2 is 1.94 bits per heavy atom. The van der Waals surface area contributed by atoms with Crippen molar-refractivity contribution >= 4 is 38.4 Å². The highest BCUT2D eigenvalue weighted by Gasteiger charge is 2.25. The predicted molar refractivity (Wildman–Crippen MR) is 119 cm³/mol. The Hall–Kier alpha value is -3.33. The first-order valence-corrected chi connectivity index (χ1v) is 11.9. The molecule has 1 aliphatic rings. The van der Waals surface area contributed by atoms with Gasteiger partial charge in [-0.1, -0.05) is 0 Å². The van der Waals surface area contributed by atoms with Crippen LogP contribution in [0.4, 0.5) is 5.69 Å². The molecule has 2 heterocycles. The Labute approximate surface area is 185 Å². The number of anilines is 1. The summed E-state index contributed by atoms with van der Waals surface area (Å²) in [5.74, 6) is -0.436. The molecule has 0 radical (unpaired) electrons. The molecule has 3 aromatic rings. The Kier molecular flexibility index (Phi) is 5.68. The number of ketones is 1. The molecule has 1 aromatic heterocycles. The molecule has 0 saturated carbocycles. The average Bonchev–Trinajstić information content (AvgIpc) is 3.11. The van der Waals surface area contributed by atoms with Crippen molar-refractivity contribution in [3.63, 3.8) is 0 Å². The maximum atomic E-state index is 12.6. The largest absolute Gasteiger partial charge is 0.497 e. The molecule has 168 valence electrons. The molecule has 0 N–H and O–H groups in total. The molecule has 4 rings (SSSR count). The smallest absolute Gasteiger partial charge is 0.375 e. The zero-order valence-corrected chi connectivity index (χ0v) is 18.8. The highest BCUT2D eigenvalue weighted by Crippen LogP contribution is 2.31. The number of carbonyl (C=O) groups excluding carboxylic acids is 2. The summed E-state index contributed by atoms with van der Waals surface area (Å²) in [5, 5.41) is 0.729. The number of furan rings is 1. The Morgan fingerprint density at radius 1 is 1.16 bits per heavy atom. The van der Waals surface area contributed by atoms with Gasteiger partial charge in [-0.2, -0.15) is 0 Å². The summed E-state index contributed by atoms with van der Waals surface area (Å²) in [6.45, 7) is 1.70. The molecule has 1 aliphatic heterocycles. The van der Waals surface area contributed by atoms with Crippen LogP contribution in [-0.2, 0) is 21.2 Å². The summed E-state index contributed by atoms with van der Waals surface area (Å²) >= 11 is 0. The number of fused-ring (bicyclic) bond motifs is 2. The second kappa shape index (κ2) is 8.31. The van der Waals surface area contributed by atoms with Crippen LogP contribution in [0, 0.1) is 6.92 Å². The topological polar surface area (TPSA) is 103 Å². The van der Waals surface area contributed by atoms with Gasteiger partial charge in [0.2, 0.25) is 15.8 Å². The van der Waals surface area contributed by atoms with Crippen LogP contribution >= 0.6 is 0 Å². The van der Waals surface area contributed by atoms with E-state index in [1.165, 1.54) is 4.31 Å². The number of hydrogen-bond donors (Lipinski definition) is 0. The van der Waals surface area contributed by atoms with E-state index in [-0.39, 0.29) is 11.5 Å². The average molecular weight is 458 g/mol. The van der Waals surface area contributed by atoms with Crippen LogP contribution in [0.1, 0.15) is 38.5 Å². The fourth-order valence-electron chi connectivity index (χ4n) is 3.88. The number of aryl methyl sites for hydroxylation is 2. The monoisotopic (exact) mass is 457 g/mol. The van der Waals surface area contributed by atoms with Gasteiger partial charge in [0.05, 0.1) is 19.1 Å². The van der Waals surface area contributed by atoms with Crippen LogP contribution in [0.2, 0.25) is 0 Å².